The fourth-order valence-electron chi connectivity index (χ4n) is 3.53. The monoisotopic (exact) mass is 436 g/mol. The normalized spacial score (nSPS) is 15.8. The summed E-state index contributed by atoms with van der Waals surface area (Å²) in [7, 11) is 0. The second-order valence-corrected chi connectivity index (χ2v) is 7.64. The molecule has 5 heteroatoms. The maximum absolute atomic E-state index is 13.6. The molecular weight excluding hydrogens is 416 g/mol. The summed E-state index contributed by atoms with van der Waals surface area (Å²) in [6, 6.07) is 21.6. The third kappa shape index (κ3) is 3.38. The topological polar surface area (TPSA) is 41.6 Å². The zero-order valence-corrected chi connectivity index (χ0v) is 17.4. The first-order valence-corrected chi connectivity index (χ1v) is 10.1. The first-order chi connectivity index (χ1) is 13.6. The number of hydrogen-bond donors (Lipinski definition) is 1. The van der Waals surface area contributed by atoms with Crippen LogP contribution in [0.15, 0.2) is 71.2 Å². The van der Waals surface area contributed by atoms with Crippen molar-refractivity contribution in [3.05, 3.63) is 87.9 Å². The van der Waals surface area contributed by atoms with Gasteiger partial charge in [0.15, 0.2) is 0 Å². The first-order valence-electron chi connectivity index (χ1n) is 9.26. The number of nitrogens with zero attached hydrogens (tertiary/aromatic N) is 1. The van der Waals surface area contributed by atoms with Gasteiger partial charge < -0.3 is 10.1 Å². The minimum absolute atomic E-state index is 0.0445. The second-order valence-electron chi connectivity index (χ2n) is 6.72. The maximum Gasteiger partial charge on any atom is 0.262 e. The lowest BCUT2D eigenvalue weighted by atomic mass is 10.0. The number of ether oxygens (including phenoxy) is 1. The number of para-hydroxylation sites is 1. The molecule has 0 bridgehead atoms. The van der Waals surface area contributed by atoms with E-state index in [-0.39, 0.29) is 12.1 Å². The summed E-state index contributed by atoms with van der Waals surface area (Å²) in [5.41, 5.74) is 4.32. The first kappa shape index (κ1) is 18.6. The Labute approximate surface area is 173 Å². The van der Waals surface area contributed by atoms with Crippen LogP contribution in [-0.2, 0) is 0 Å². The lowest BCUT2D eigenvalue weighted by molar-refractivity contribution is 0.0974. The third-order valence-electron chi connectivity index (χ3n) is 4.77. The molecule has 4 nitrogen and oxygen atoms in total. The van der Waals surface area contributed by atoms with Crippen LogP contribution in [0.1, 0.15) is 34.6 Å². The summed E-state index contributed by atoms with van der Waals surface area (Å²) in [6.07, 6.45) is -0.370. The SMILES string of the molecule is CCOc1ccccc1C1Nc2ccc(Br)cc2C(=O)N1c1cccc(C)c1. The summed E-state index contributed by atoms with van der Waals surface area (Å²) in [5.74, 6) is 0.727. The number of fused-ring (bicyclic) bond motifs is 1. The van der Waals surface area contributed by atoms with Crippen molar-refractivity contribution in [1.82, 2.24) is 0 Å². The number of amides is 1. The van der Waals surface area contributed by atoms with Gasteiger partial charge >= 0.3 is 0 Å². The van der Waals surface area contributed by atoms with E-state index in [1.54, 1.807) is 4.90 Å². The van der Waals surface area contributed by atoms with Crippen LogP contribution in [0.3, 0.4) is 0 Å². The smallest absolute Gasteiger partial charge is 0.262 e. The van der Waals surface area contributed by atoms with Crippen molar-refractivity contribution in [1.29, 1.82) is 0 Å². The molecule has 28 heavy (non-hydrogen) atoms. The molecular formula is C23H21BrN2O2. The van der Waals surface area contributed by atoms with E-state index in [0.29, 0.717) is 12.2 Å². The zero-order valence-electron chi connectivity index (χ0n) is 15.8. The van der Waals surface area contributed by atoms with Crippen LogP contribution >= 0.6 is 15.9 Å². The largest absolute Gasteiger partial charge is 0.493 e. The van der Waals surface area contributed by atoms with Crippen LogP contribution in [0.4, 0.5) is 11.4 Å². The van der Waals surface area contributed by atoms with Crippen LogP contribution in [0, 0.1) is 6.92 Å². The van der Waals surface area contributed by atoms with E-state index < -0.39 is 0 Å². The van der Waals surface area contributed by atoms with Crippen molar-refractivity contribution in [2.75, 3.05) is 16.8 Å². The van der Waals surface area contributed by atoms with Gasteiger partial charge in [0, 0.05) is 21.4 Å². The second kappa shape index (κ2) is 7.68. The molecule has 1 unspecified atom stereocenters. The van der Waals surface area contributed by atoms with Crippen LogP contribution < -0.4 is 15.0 Å². The van der Waals surface area contributed by atoms with Gasteiger partial charge in [-0.2, -0.15) is 0 Å². The Morgan fingerprint density at radius 1 is 1.07 bits per heavy atom. The van der Waals surface area contributed by atoms with E-state index in [0.717, 1.165) is 32.7 Å². The van der Waals surface area contributed by atoms with Crippen LogP contribution in [0.25, 0.3) is 0 Å². The molecule has 0 fully saturated rings. The summed E-state index contributed by atoms with van der Waals surface area (Å²) in [5, 5.41) is 3.54. The molecule has 4 rings (SSSR count). The van der Waals surface area contributed by atoms with Gasteiger partial charge in [-0.05, 0) is 55.8 Å². The van der Waals surface area contributed by atoms with Gasteiger partial charge in [0.25, 0.3) is 5.91 Å². The molecule has 1 heterocycles. The number of aryl methyl sites for hydroxylation is 1. The molecule has 1 amide bonds. The molecule has 1 atom stereocenters. The number of nitrogens with one attached hydrogen (secondary N) is 1. The summed E-state index contributed by atoms with van der Waals surface area (Å²) >= 11 is 3.48. The van der Waals surface area contributed by atoms with E-state index in [9.17, 15) is 4.79 Å². The van der Waals surface area contributed by atoms with Crippen molar-refractivity contribution >= 4 is 33.2 Å². The molecule has 0 spiro atoms. The van der Waals surface area contributed by atoms with E-state index in [1.165, 1.54) is 0 Å². The molecule has 3 aromatic carbocycles. The van der Waals surface area contributed by atoms with Gasteiger partial charge in [0.2, 0.25) is 0 Å². The Morgan fingerprint density at radius 2 is 1.89 bits per heavy atom. The van der Waals surface area contributed by atoms with Crippen LogP contribution in [0.5, 0.6) is 5.75 Å². The highest BCUT2D eigenvalue weighted by atomic mass is 79.9. The van der Waals surface area contributed by atoms with Crippen LogP contribution in [-0.4, -0.2) is 12.5 Å². The average molecular weight is 437 g/mol. The number of anilines is 2. The summed E-state index contributed by atoms with van der Waals surface area (Å²) < 4.78 is 6.73. The van der Waals surface area contributed by atoms with E-state index in [4.69, 9.17) is 4.74 Å². The van der Waals surface area contributed by atoms with Crippen LogP contribution in [0.2, 0.25) is 0 Å². The van der Waals surface area contributed by atoms with E-state index >= 15 is 0 Å². The Bertz CT molecular complexity index is 1030. The molecule has 0 aromatic heterocycles. The third-order valence-corrected chi connectivity index (χ3v) is 5.27. The molecule has 1 aliphatic rings. The number of carbonyl (C=O) groups excluding carboxylic acids is 1. The van der Waals surface area contributed by atoms with Crippen molar-refractivity contribution < 1.29 is 9.53 Å². The molecule has 0 aliphatic carbocycles. The average Bonchev–Trinajstić information content (AvgIpc) is 2.69. The van der Waals surface area contributed by atoms with E-state index in [1.807, 2.05) is 80.6 Å². The Kier molecular flexibility index (Phi) is 5.09. The summed E-state index contributed by atoms with van der Waals surface area (Å²) in [6.45, 7) is 4.55. The van der Waals surface area contributed by atoms with Crippen molar-refractivity contribution in [2.24, 2.45) is 0 Å². The lowest BCUT2D eigenvalue weighted by Crippen LogP contribution is -2.43. The quantitative estimate of drug-likeness (QED) is 0.550. The van der Waals surface area contributed by atoms with Crippen molar-refractivity contribution in [2.45, 2.75) is 20.0 Å². The fraction of sp³-hybridized carbons (Fsp3) is 0.174. The Morgan fingerprint density at radius 3 is 2.68 bits per heavy atom. The minimum atomic E-state index is -0.370. The highest BCUT2D eigenvalue weighted by Gasteiger charge is 2.35. The predicted octanol–water partition coefficient (Wildman–Crippen LogP) is 5.93. The van der Waals surface area contributed by atoms with Gasteiger partial charge in [0.1, 0.15) is 11.9 Å². The van der Waals surface area contributed by atoms with Gasteiger partial charge in [-0.1, -0.05) is 46.3 Å². The number of carbonyl (C=O) groups is 1. The standard InChI is InChI=1S/C23H21BrN2O2/c1-3-28-21-10-5-4-9-18(21)22-25-20-12-11-16(24)14-19(20)23(27)26(22)17-8-6-7-15(2)13-17/h4-14,22,25H,3H2,1-2H3. The molecule has 0 saturated carbocycles. The highest BCUT2D eigenvalue weighted by molar-refractivity contribution is 9.10. The number of halogens is 1. The van der Waals surface area contributed by atoms with Crippen molar-refractivity contribution in [3.8, 4) is 5.75 Å². The van der Waals surface area contributed by atoms with Gasteiger partial charge in [-0.15, -0.1) is 0 Å². The molecule has 0 saturated heterocycles. The lowest BCUT2D eigenvalue weighted by Gasteiger charge is -2.38. The predicted molar refractivity (Wildman–Crippen MR) is 116 cm³/mol. The van der Waals surface area contributed by atoms with Gasteiger partial charge in [-0.25, -0.2) is 0 Å². The molecule has 3 aromatic rings. The Hall–Kier alpha value is -2.79. The number of rotatable bonds is 4. The van der Waals surface area contributed by atoms with E-state index in [2.05, 4.69) is 21.2 Å². The zero-order chi connectivity index (χ0) is 19.7. The van der Waals surface area contributed by atoms with Crippen molar-refractivity contribution in [3.63, 3.8) is 0 Å². The van der Waals surface area contributed by atoms with Gasteiger partial charge in [-0.3, -0.25) is 9.69 Å². The Balaban J connectivity index is 1.89. The maximum atomic E-state index is 13.6. The van der Waals surface area contributed by atoms with Gasteiger partial charge in [0.05, 0.1) is 12.2 Å². The number of benzene rings is 3. The number of hydrogen-bond acceptors (Lipinski definition) is 3. The molecule has 142 valence electrons. The molecule has 0 radical (unpaired) electrons. The molecule has 1 N–H and O–H groups in total. The highest BCUT2D eigenvalue weighted by Crippen LogP contribution is 2.40. The fourth-order valence-corrected chi connectivity index (χ4v) is 3.89. The molecule has 1 aliphatic heterocycles. The summed E-state index contributed by atoms with van der Waals surface area (Å²) in [4.78, 5) is 15.4. The minimum Gasteiger partial charge on any atom is -0.493 e.